The van der Waals surface area contributed by atoms with Crippen LogP contribution in [0.1, 0.15) is 29.4 Å². The molecule has 1 heterocycles. The van der Waals surface area contributed by atoms with Crippen molar-refractivity contribution in [2.75, 3.05) is 0 Å². The van der Waals surface area contributed by atoms with E-state index in [0.29, 0.717) is 18.7 Å². The van der Waals surface area contributed by atoms with Gasteiger partial charge in [0.15, 0.2) is 0 Å². The lowest BCUT2D eigenvalue weighted by Gasteiger charge is -2.38. The van der Waals surface area contributed by atoms with Crippen molar-refractivity contribution in [2.45, 2.75) is 30.1 Å². The molecule has 0 atom stereocenters. The highest BCUT2D eigenvalue weighted by atomic mass is 35.5. The molecule has 0 spiro atoms. The first-order valence-corrected chi connectivity index (χ1v) is 5.21. The highest BCUT2D eigenvalue weighted by Crippen LogP contribution is 2.42. The lowest BCUT2D eigenvalue weighted by atomic mass is 9.91. The molecular weight excluding hydrogens is 241 g/mol. The van der Waals surface area contributed by atoms with Crippen LogP contribution in [-0.4, -0.2) is 26.4 Å². The number of aryl methyl sites for hydroxylation is 1. The number of alkyl halides is 2. The van der Waals surface area contributed by atoms with E-state index in [-0.39, 0.29) is 17.8 Å². The van der Waals surface area contributed by atoms with Gasteiger partial charge in [0.2, 0.25) is 5.89 Å². The number of hydrogen-bond donors (Lipinski definition) is 1. The third-order valence-corrected chi connectivity index (χ3v) is 2.77. The number of carbonyl (C=O) groups excluding carboxylic acids is 1. The van der Waals surface area contributed by atoms with Crippen LogP contribution < -0.4 is 5.32 Å². The average molecular weight is 250 g/mol. The molecule has 82 valence electrons. The zero-order valence-corrected chi connectivity index (χ0v) is 9.47. The Labute approximate surface area is 96.1 Å². The number of aromatic nitrogens is 2. The number of amides is 1. The molecule has 0 saturated heterocycles. The van der Waals surface area contributed by atoms with Crippen LogP contribution in [0.2, 0.25) is 0 Å². The summed E-state index contributed by atoms with van der Waals surface area (Å²) in [6.07, 6.45) is 1.08. The molecule has 1 aliphatic carbocycles. The maximum absolute atomic E-state index is 11.5. The van der Waals surface area contributed by atoms with Crippen LogP contribution in [0.15, 0.2) is 4.52 Å². The fourth-order valence-corrected chi connectivity index (χ4v) is 2.15. The van der Waals surface area contributed by atoms with Crippen LogP contribution in [0.25, 0.3) is 0 Å². The predicted octanol–water partition coefficient (Wildman–Crippen LogP) is 1.44. The van der Waals surface area contributed by atoms with Gasteiger partial charge in [-0.3, -0.25) is 4.79 Å². The van der Waals surface area contributed by atoms with Crippen molar-refractivity contribution >= 4 is 29.1 Å². The van der Waals surface area contributed by atoms with Gasteiger partial charge in [-0.05, 0) is 0 Å². The highest BCUT2D eigenvalue weighted by Gasteiger charge is 2.42. The second-order valence-corrected chi connectivity index (χ2v) is 5.21. The van der Waals surface area contributed by atoms with Crippen LogP contribution in [-0.2, 0) is 0 Å². The molecule has 0 unspecified atom stereocenters. The Balaban J connectivity index is 1.89. The van der Waals surface area contributed by atoms with Crippen molar-refractivity contribution in [2.24, 2.45) is 0 Å². The minimum atomic E-state index is -0.703. The quantitative estimate of drug-likeness (QED) is 0.806. The first kappa shape index (κ1) is 10.7. The Morgan fingerprint density at radius 3 is 2.73 bits per heavy atom. The van der Waals surface area contributed by atoms with Gasteiger partial charge in [-0.25, -0.2) is 0 Å². The van der Waals surface area contributed by atoms with Gasteiger partial charge in [0.05, 0.1) is 0 Å². The summed E-state index contributed by atoms with van der Waals surface area (Å²) in [5.41, 5.74) is 0. The molecule has 5 nitrogen and oxygen atoms in total. The Hall–Kier alpha value is -0.810. The van der Waals surface area contributed by atoms with E-state index >= 15 is 0 Å². The second kappa shape index (κ2) is 3.64. The fourth-order valence-electron chi connectivity index (χ4n) is 1.40. The van der Waals surface area contributed by atoms with Crippen molar-refractivity contribution in [3.8, 4) is 0 Å². The van der Waals surface area contributed by atoms with Crippen LogP contribution >= 0.6 is 23.2 Å². The van der Waals surface area contributed by atoms with Gasteiger partial charge in [0.1, 0.15) is 4.33 Å². The number of halogens is 2. The standard InChI is InChI=1S/C8H9Cl2N3O2/c1-4-11-6(13-15-4)7(14)12-5-2-8(9,10)3-5/h5H,2-3H2,1H3,(H,12,14). The average Bonchev–Trinajstić information content (AvgIpc) is 2.48. The van der Waals surface area contributed by atoms with E-state index in [2.05, 4.69) is 20.0 Å². The smallest absolute Gasteiger partial charge is 0.292 e. The van der Waals surface area contributed by atoms with Crippen molar-refractivity contribution in [3.05, 3.63) is 11.7 Å². The van der Waals surface area contributed by atoms with Gasteiger partial charge in [-0.2, -0.15) is 4.98 Å². The highest BCUT2D eigenvalue weighted by molar-refractivity contribution is 6.49. The summed E-state index contributed by atoms with van der Waals surface area (Å²) in [5, 5.41) is 6.21. The minimum Gasteiger partial charge on any atom is -0.346 e. The predicted molar refractivity (Wildman–Crippen MR) is 54.0 cm³/mol. The molecule has 7 heteroatoms. The number of rotatable bonds is 2. The van der Waals surface area contributed by atoms with E-state index in [1.807, 2.05) is 0 Å². The Morgan fingerprint density at radius 2 is 2.27 bits per heavy atom. The summed E-state index contributed by atoms with van der Waals surface area (Å²) in [6, 6.07) is -0.00805. The number of nitrogens with zero attached hydrogens (tertiary/aromatic N) is 2. The minimum absolute atomic E-state index is 0.00805. The molecule has 0 aromatic carbocycles. The first-order chi connectivity index (χ1) is 6.96. The molecule has 1 amide bonds. The first-order valence-electron chi connectivity index (χ1n) is 4.45. The largest absolute Gasteiger partial charge is 0.346 e. The summed E-state index contributed by atoms with van der Waals surface area (Å²) in [5.74, 6) is 0.0348. The van der Waals surface area contributed by atoms with E-state index < -0.39 is 4.33 Å². The molecule has 1 aromatic heterocycles. The third kappa shape index (κ3) is 2.41. The topological polar surface area (TPSA) is 68.0 Å². The summed E-state index contributed by atoms with van der Waals surface area (Å²) < 4.78 is 3.98. The number of nitrogens with one attached hydrogen (secondary N) is 1. The Morgan fingerprint density at radius 1 is 1.60 bits per heavy atom. The zero-order chi connectivity index (χ0) is 11.1. The van der Waals surface area contributed by atoms with E-state index in [4.69, 9.17) is 23.2 Å². The van der Waals surface area contributed by atoms with Crippen molar-refractivity contribution in [1.82, 2.24) is 15.5 Å². The van der Waals surface area contributed by atoms with Crippen molar-refractivity contribution < 1.29 is 9.32 Å². The Bertz CT molecular complexity index is 383. The molecule has 0 bridgehead atoms. The lowest BCUT2D eigenvalue weighted by Crippen LogP contribution is -2.49. The van der Waals surface area contributed by atoms with Gasteiger partial charge in [0, 0.05) is 25.8 Å². The van der Waals surface area contributed by atoms with Crippen LogP contribution in [0.5, 0.6) is 0 Å². The normalized spacial score (nSPS) is 19.7. The van der Waals surface area contributed by atoms with Gasteiger partial charge in [-0.15, -0.1) is 23.2 Å². The maximum atomic E-state index is 11.5. The molecule has 1 saturated carbocycles. The molecule has 0 aliphatic heterocycles. The SMILES string of the molecule is Cc1nc(C(=O)NC2CC(Cl)(Cl)C2)no1. The molecule has 1 fully saturated rings. The molecule has 1 aromatic rings. The lowest BCUT2D eigenvalue weighted by molar-refractivity contribution is 0.0900. The maximum Gasteiger partial charge on any atom is 0.292 e. The molecule has 15 heavy (non-hydrogen) atoms. The van der Waals surface area contributed by atoms with E-state index in [1.165, 1.54) is 0 Å². The number of hydrogen-bond acceptors (Lipinski definition) is 4. The molecule has 1 N–H and O–H groups in total. The Kier molecular flexibility index (Phi) is 2.60. The zero-order valence-electron chi connectivity index (χ0n) is 7.96. The summed E-state index contributed by atoms with van der Waals surface area (Å²) >= 11 is 11.6. The molecular formula is C8H9Cl2N3O2. The molecule has 0 radical (unpaired) electrons. The van der Waals surface area contributed by atoms with Crippen LogP contribution in [0, 0.1) is 6.92 Å². The monoisotopic (exact) mass is 249 g/mol. The van der Waals surface area contributed by atoms with E-state index in [1.54, 1.807) is 6.92 Å². The second-order valence-electron chi connectivity index (χ2n) is 3.57. The summed E-state index contributed by atoms with van der Waals surface area (Å²) in [7, 11) is 0. The van der Waals surface area contributed by atoms with Crippen LogP contribution in [0.3, 0.4) is 0 Å². The van der Waals surface area contributed by atoms with Gasteiger partial charge < -0.3 is 9.84 Å². The van der Waals surface area contributed by atoms with Crippen molar-refractivity contribution in [3.63, 3.8) is 0 Å². The molecule has 2 rings (SSSR count). The van der Waals surface area contributed by atoms with Gasteiger partial charge >= 0.3 is 0 Å². The van der Waals surface area contributed by atoms with E-state index in [9.17, 15) is 4.79 Å². The summed E-state index contributed by atoms with van der Waals surface area (Å²) in [4.78, 5) is 15.3. The molecule has 1 aliphatic rings. The van der Waals surface area contributed by atoms with Gasteiger partial charge in [0.25, 0.3) is 11.7 Å². The van der Waals surface area contributed by atoms with Crippen LogP contribution in [0.4, 0.5) is 0 Å². The number of carbonyl (C=O) groups is 1. The fraction of sp³-hybridized carbons (Fsp3) is 0.625. The summed E-state index contributed by atoms with van der Waals surface area (Å²) in [6.45, 7) is 1.62. The third-order valence-electron chi connectivity index (χ3n) is 2.16. The van der Waals surface area contributed by atoms with Crippen molar-refractivity contribution in [1.29, 1.82) is 0 Å². The van der Waals surface area contributed by atoms with Gasteiger partial charge in [-0.1, -0.05) is 5.16 Å². The van der Waals surface area contributed by atoms with E-state index in [0.717, 1.165) is 0 Å².